The average Bonchev–Trinajstić information content (AvgIpc) is 2.29. The molecule has 2 heterocycles. The number of halogens is 3. The largest absolute Gasteiger partial charge is 0.418 e. The Bertz CT molecular complexity index is 482. The van der Waals surface area contributed by atoms with Crippen molar-refractivity contribution in [2.24, 2.45) is 0 Å². The first kappa shape index (κ1) is 10.5. The summed E-state index contributed by atoms with van der Waals surface area (Å²) < 4.78 is 37.9. The van der Waals surface area contributed by atoms with E-state index in [0.717, 1.165) is 6.07 Å². The quantitative estimate of drug-likeness (QED) is 0.748. The van der Waals surface area contributed by atoms with E-state index in [9.17, 15) is 13.2 Å². The average molecular weight is 225 g/mol. The van der Waals surface area contributed by atoms with Gasteiger partial charge in [0.2, 0.25) is 0 Å². The number of pyridine rings is 1. The van der Waals surface area contributed by atoms with Crippen molar-refractivity contribution in [1.29, 1.82) is 0 Å². The molecule has 2 rings (SSSR count). The number of nitrogens with zero attached hydrogens (tertiary/aromatic N) is 3. The minimum absolute atomic E-state index is 0.107. The van der Waals surface area contributed by atoms with Gasteiger partial charge in [0, 0.05) is 12.4 Å². The van der Waals surface area contributed by atoms with Crippen LogP contribution >= 0.6 is 0 Å². The summed E-state index contributed by atoms with van der Waals surface area (Å²) in [5.74, 6) is 0. The lowest BCUT2D eigenvalue weighted by Gasteiger charge is -2.10. The van der Waals surface area contributed by atoms with E-state index in [1.807, 2.05) is 0 Å². The fraction of sp³-hybridized carbons (Fsp3) is 0.100. The maximum absolute atomic E-state index is 12.6. The van der Waals surface area contributed by atoms with Gasteiger partial charge in [-0.2, -0.15) is 18.3 Å². The predicted molar refractivity (Wildman–Crippen MR) is 50.3 cm³/mol. The first-order chi connectivity index (χ1) is 7.59. The van der Waals surface area contributed by atoms with Crippen LogP contribution in [0.4, 0.5) is 13.2 Å². The molecule has 0 radical (unpaired) electrons. The zero-order valence-corrected chi connectivity index (χ0v) is 7.94. The second-order valence-electron chi connectivity index (χ2n) is 3.01. The van der Waals surface area contributed by atoms with Gasteiger partial charge in [0.05, 0.1) is 5.56 Å². The Kier molecular flexibility index (Phi) is 2.55. The van der Waals surface area contributed by atoms with Crippen LogP contribution in [-0.2, 0) is 6.18 Å². The van der Waals surface area contributed by atoms with E-state index in [1.165, 1.54) is 30.6 Å². The van der Waals surface area contributed by atoms with Crippen molar-refractivity contribution < 1.29 is 13.2 Å². The topological polar surface area (TPSA) is 38.7 Å². The summed E-state index contributed by atoms with van der Waals surface area (Å²) in [7, 11) is 0. The zero-order valence-electron chi connectivity index (χ0n) is 7.94. The summed E-state index contributed by atoms with van der Waals surface area (Å²) in [4.78, 5) is 3.69. The van der Waals surface area contributed by atoms with Crippen LogP contribution in [0.1, 0.15) is 5.56 Å². The Morgan fingerprint density at radius 2 is 1.75 bits per heavy atom. The zero-order chi connectivity index (χ0) is 11.6. The second kappa shape index (κ2) is 3.88. The van der Waals surface area contributed by atoms with Crippen LogP contribution in [0.2, 0.25) is 0 Å². The maximum Gasteiger partial charge on any atom is 0.418 e. The van der Waals surface area contributed by atoms with Gasteiger partial charge in [-0.3, -0.25) is 4.98 Å². The monoisotopic (exact) mass is 225 g/mol. The van der Waals surface area contributed by atoms with E-state index < -0.39 is 11.7 Å². The van der Waals surface area contributed by atoms with Crippen LogP contribution in [0.3, 0.4) is 0 Å². The molecule has 2 aromatic heterocycles. The van der Waals surface area contributed by atoms with Crippen LogP contribution < -0.4 is 0 Å². The van der Waals surface area contributed by atoms with Crippen molar-refractivity contribution in [2.45, 2.75) is 6.18 Å². The fourth-order valence-electron chi connectivity index (χ4n) is 1.27. The molecule has 0 bridgehead atoms. The lowest BCUT2D eigenvalue weighted by molar-refractivity contribution is -0.137. The molecule has 0 N–H and O–H groups in total. The second-order valence-corrected chi connectivity index (χ2v) is 3.01. The molecular weight excluding hydrogens is 219 g/mol. The molecule has 0 spiro atoms. The normalized spacial score (nSPS) is 11.4. The highest BCUT2D eigenvalue weighted by Crippen LogP contribution is 2.34. The smallest absolute Gasteiger partial charge is 0.254 e. The number of aromatic nitrogens is 3. The SMILES string of the molecule is FC(F)(F)c1cccnc1-c1cccnn1. The van der Waals surface area contributed by atoms with Gasteiger partial charge in [-0.05, 0) is 24.3 Å². The van der Waals surface area contributed by atoms with Gasteiger partial charge in [0.15, 0.2) is 0 Å². The molecule has 0 aliphatic heterocycles. The van der Waals surface area contributed by atoms with E-state index in [-0.39, 0.29) is 11.4 Å². The third kappa shape index (κ3) is 2.00. The molecule has 0 saturated carbocycles. The van der Waals surface area contributed by atoms with Crippen LogP contribution in [-0.4, -0.2) is 15.2 Å². The van der Waals surface area contributed by atoms with Crippen molar-refractivity contribution in [2.75, 3.05) is 0 Å². The van der Waals surface area contributed by atoms with Crippen molar-refractivity contribution in [1.82, 2.24) is 15.2 Å². The minimum atomic E-state index is -4.44. The summed E-state index contributed by atoms with van der Waals surface area (Å²) >= 11 is 0. The Morgan fingerprint density at radius 3 is 2.38 bits per heavy atom. The van der Waals surface area contributed by atoms with Crippen molar-refractivity contribution in [3.8, 4) is 11.4 Å². The van der Waals surface area contributed by atoms with E-state index >= 15 is 0 Å². The fourth-order valence-corrected chi connectivity index (χ4v) is 1.27. The molecule has 0 fully saturated rings. The third-order valence-corrected chi connectivity index (χ3v) is 1.93. The first-order valence-corrected chi connectivity index (χ1v) is 4.39. The molecular formula is C10H6F3N3. The highest BCUT2D eigenvalue weighted by atomic mass is 19.4. The van der Waals surface area contributed by atoms with Gasteiger partial charge in [0.1, 0.15) is 11.4 Å². The Labute approximate surface area is 89.0 Å². The molecule has 0 aliphatic rings. The van der Waals surface area contributed by atoms with Crippen LogP contribution in [0.25, 0.3) is 11.4 Å². The van der Waals surface area contributed by atoms with Crippen molar-refractivity contribution >= 4 is 0 Å². The summed E-state index contributed by atoms with van der Waals surface area (Å²) in [6, 6.07) is 5.15. The summed E-state index contributed by atoms with van der Waals surface area (Å²) in [5.41, 5.74) is -0.908. The molecule has 82 valence electrons. The number of hydrogen-bond acceptors (Lipinski definition) is 3. The Balaban J connectivity index is 2.58. The van der Waals surface area contributed by atoms with Crippen LogP contribution in [0.15, 0.2) is 36.7 Å². The Morgan fingerprint density at radius 1 is 1.00 bits per heavy atom. The summed E-state index contributed by atoms with van der Waals surface area (Å²) in [6.45, 7) is 0. The molecule has 0 unspecified atom stereocenters. The van der Waals surface area contributed by atoms with E-state index in [1.54, 1.807) is 0 Å². The maximum atomic E-state index is 12.6. The summed E-state index contributed by atoms with van der Waals surface area (Å²) in [5, 5.41) is 7.14. The van der Waals surface area contributed by atoms with Gasteiger partial charge < -0.3 is 0 Å². The molecule has 3 nitrogen and oxygen atoms in total. The number of rotatable bonds is 1. The van der Waals surface area contributed by atoms with Gasteiger partial charge in [-0.15, -0.1) is 5.10 Å². The molecule has 0 amide bonds. The molecule has 0 aliphatic carbocycles. The molecule has 6 heteroatoms. The molecule has 2 aromatic rings. The standard InChI is InChI=1S/C10H6F3N3/c11-10(12,13)7-3-1-5-14-9(7)8-4-2-6-15-16-8/h1-6H. The first-order valence-electron chi connectivity index (χ1n) is 4.39. The molecule has 16 heavy (non-hydrogen) atoms. The van der Waals surface area contributed by atoms with Gasteiger partial charge >= 0.3 is 6.18 Å². The highest BCUT2D eigenvalue weighted by molar-refractivity contribution is 5.58. The molecule has 0 saturated heterocycles. The van der Waals surface area contributed by atoms with E-state index in [0.29, 0.717) is 0 Å². The van der Waals surface area contributed by atoms with Crippen molar-refractivity contribution in [3.63, 3.8) is 0 Å². The van der Waals surface area contributed by atoms with Crippen LogP contribution in [0.5, 0.6) is 0 Å². The molecule has 0 aromatic carbocycles. The van der Waals surface area contributed by atoms with E-state index in [2.05, 4.69) is 15.2 Å². The van der Waals surface area contributed by atoms with Crippen molar-refractivity contribution in [3.05, 3.63) is 42.2 Å². The van der Waals surface area contributed by atoms with E-state index in [4.69, 9.17) is 0 Å². The highest BCUT2D eigenvalue weighted by Gasteiger charge is 2.34. The number of hydrogen-bond donors (Lipinski definition) is 0. The van der Waals surface area contributed by atoms with Crippen LogP contribution in [0, 0.1) is 0 Å². The van der Waals surface area contributed by atoms with Gasteiger partial charge in [-0.1, -0.05) is 0 Å². The minimum Gasteiger partial charge on any atom is -0.254 e. The number of alkyl halides is 3. The lowest BCUT2D eigenvalue weighted by atomic mass is 10.1. The molecule has 0 atom stereocenters. The third-order valence-electron chi connectivity index (χ3n) is 1.93. The lowest BCUT2D eigenvalue weighted by Crippen LogP contribution is -2.08. The summed E-state index contributed by atoms with van der Waals surface area (Å²) in [6.07, 6.45) is -1.76. The Hall–Kier alpha value is -1.98. The van der Waals surface area contributed by atoms with Gasteiger partial charge in [0.25, 0.3) is 0 Å². The predicted octanol–water partition coefficient (Wildman–Crippen LogP) is 2.56. The van der Waals surface area contributed by atoms with Gasteiger partial charge in [-0.25, -0.2) is 0 Å².